The lowest BCUT2D eigenvalue weighted by atomic mass is 9.95. The molecule has 1 aliphatic heterocycles. The number of ether oxygens (including phenoxy) is 2. The molecule has 1 aromatic heterocycles. The number of anilines is 1. The van der Waals surface area contributed by atoms with Crippen molar-refractivity contribution in [3.05, 3.63) is 82.6 Å². The Morgan fingerprint density at radius 2 is 1.75 bits per heavy atom. The summed E-state index contributed by atoms with van der Waals surface area (Å²) in [4.78, 5) is 31.6. The fraction of sp³-hybridized carbons (Fsp3) is 0.125. The molecule has 1 fully saturated rings. The third kappa shape index (κ3) is 4.39. The number of carbonyl (C=O) groups excluding carboxylic acids is 2. The van der Waals surface area contributed by atoms with Crippen LogP contribution in [0.2, 0.25) is 5.02 Å². The Balaban J connectivity index is 1.96. The second-order valence-corrected chi connectivity index (χ2v) is 9.65. The number of carbonyl (C=O) groups is 2. The molecule has 0 aliphatic carbocycles. The molecule has 0 saturated carbocycles. The van der Waals surface area contributed by atoms with Crippen LogP contribution in [-0.4, -0.2) is 44.4 Å². The molecule has 0 spiro atoms. The number of nitrogens with zero attached hydrogens (tertiary/aromatic N) is 2. The number of halogens is 1. The second kappa shape index (κ2) is 9.61. The maximum atomic E-state index is 13.3. The number of amides is 1. The number of pyridine rings is 1. The highest BCUT2D eigenvalue weighted by Crippen LogP contribution is 2.44. The minimum atomic E-state index is -3.98. The second-order valence-electron chi connectivity index (χ2n) is 7.68. The zero-order valence-electron chi connectivity index (χ0n) is 19.0. The maximum Gasteiger partial charge on any atom is 0.300 e. The highest BCUT2D eigenvalue weighted by Gasteiger charge is 2.47. The van der Waals surface area contributed by atoms with E-state index < -0.39 is 33.5 Å². The van der Waals surface area contributed by atoms with Crippen molar-refractivity contribution in [2.45, 2.75) is 10.9 Å². The van der Waals surface area contributed by atoms with E-state index in [1.165, 1.54) is 63.0 Å². The topological polar surface area (TPSA) is 149 Å². The van der Waals surface area contributed by atoms with Crippen LogP contribution in [0.25, 0.3) is 5.76 Å². The SMILES string of the molecule is COc1cc(/C(O)=C2\C(=O)C(=O)N(c3ccc(S(N)(=O)=O)cc3)C2c2cccnc2)c(OC)cc1Cl. The molecule has 0 radical (unpaired) electrons. The smallest absolute Gasteiger partial charge is 0.300 e. The normalized spacial score (nSPS) is 17.3. The molecule has 4 rings (SSSR count). The zero-order chi connectivity index (χ0) is 26.2. The summed E-state index contributed by atoms with van der Waals surface area (Å²) in [5.41, 5.74) is 0.480. The van der Waals surface area contributed by atoms with Crippen molar-refractivity contribution in [2.75, 3.05) is 19.1 Å². The number of ketones is 1. The van der Waals surface area contributed by atoms with E-state index >= 15 is 0 Å². The van der Waals surface area contributed by atoms with Crippen LogP contribution < -0.4 is 19.5 Å². The van der Waals surface area contributed by atoms with Crippen molar-refractivity contribution in [3.63, 3.8) is 0 Å². The summed E-state index contributed by atoms with van der Waals surface area (Å²) >= 11 is 6.18. The summed E-state index contributed by atoms with van der Waals surface area (Å²) in [5, 5.41) is 16.7. The number of primary sulfonamides is 1. The van der Waals surface area contributed by atoms with Gasteiger partial charge in [0, 0.05) is 24.1 Å². The molecular formula is C24H20ClN3O7S. The van der Waals surface area contributed by atoms with E-state index in [9.17, 15) is 23.1 Å². The third-order valence-electron chi connectivity index (χ3n) is 5.62. The van der Waals surface area contributed by atoms with Gasteiger partial charge in [-0.25, -0.2) is 13.6 Å². The Kier molecular flexibility index (Phi) is 6.72. The number of methoxy groups -OCH3 is 2. The molecule has 186 valence electrons. The highest BCUT2D eigenvalue weighted by atomic mass is 35.5. The van der Waals surface area contributed by atoms with Crippen molar-refractivity contribution in [1.82, 2.24) is 4.98 Å². The molecule has 3 N–H and O–H groups in total. The fourth-order valence-electron chi connectivity index (χ4n) is 3.94. The third-order valence-corrected chi connectivity index (χ3v) is 6.84. The summed E-state index contributed by atoms with van der Waals surface area (Å²) in [5.74, 6) is -2.06. The van der Waals surface area contributed by atoms with Crippen LogP contribution in [0.1, 0.15) is 17.2 Å². The molecule has 3 aromatic rings. The summed E-state index contributed by atoms with van der Waals surface area (Å²) in [6.07, 6.45) is 2.97. The lowest BCUT2D eigenvalue weighted by Crippen LogP contribution is -2.29. The van der Waals surface area contributed by atoms with Gasteiger partial charge >= 0.3 is 0 Å². The van der Waals surface area contributed by atoms with Gasteiger partial charge in [-0.3, -0.25) is 19.5 Å². The van der Waals surface area contributed by atoms with E-state index in [1.807, 2.05) is 0 Å². The largest absolute Gasteiger partial charge is 0.507 e. The van der Waals surface area contributed by atoms with E-state index in [2.05, 4.69) is 4.98 Å². The number of benzene rings is 2. The molecule has 12 heteroatoms. The Morgan fingerprint density at radius 1 is 1.08 bits per heavy atom. The predicted molar refractivity (Wildman–Crippen MR) is 131 cm³/mol. The Bertz CT molecular complexity index is 1490. The van der Waals surface area contributed by atoms with Crippen LogP contribution >= 0.6 is 11.6 Å². The van der Waals surface area contributed by atoms with Crippen LogP contribution in [0, 0.1) is 0 Å². The number of aromatic nitrogens is 1. The van der Waals surface area contributed by atoms with Crippen LogP contribution in [0.3, 0.4) is 0 Å². The monoisotopic (exact) mass is 529 g/mol. The fourth-order valence-corrected chi connectivity index (χ4v) is 4.69. The van der Waals surface area contributed by atoms with E-state index in [0.29, 0.717) is 5.56 Å². The van der Waals surface area contributed by atoms with Gasteiger partial charge in [-0.1, -0.05) is 17.7 Å². The molecule has 1 saturated heterocycles. The number of hydrogen-bond acceptors (Lipinski definition) is 8. The van der Waals surface area contributed by atoms with Gasteiger partial charge in [0.2, 0.25) is 10.0 Å². The molecule has 0 bridgehead atoms. The summed E-state index contributed by atoms with van der Waals surface area (Å²) in [7, 11) is -1.23. The number of rotatable bonds is 6. The van der Waals surface area contributed by atoms with Gasteiger partial charge in [0.1, 0.15) is 17.3 Å². The van der Waals surface area contributed by atoms with Gasteiger partial charge in [0.15, 0.2) is 0 Å². The molecule has 36 heavy (non-hydrogen) atoms. The van der Waals surface area contributed by atoms with Crippen molar-refractivity contribution >= 4 is 44.8 Å². The Hall–Kier alpha value is -3.93. The number of Topliss-reactive ketones (excluding diaryl/α,β-unsaturated/α-hetero) is 1. The van der Waals surface area contributed by atoms with Crippen molar-refractivity contribution in [3.8, 4) is 11.5 Å². The zero-order valence-corrected chi connectivity index (χ0v) is 20.6. The van der Waals surface area contributed by atoms with Gasteiger partial charge in [0.05, 0.1) is 41.3 Å². The molecule has 1 atom stereocenters. The van der Waals surface area contributed by atoms with Crippen molar-refractivity contribution < 1.29 is 32.6 Å². The van der Waals surface area contributed by atoms with E-state index in [0.717, 1.165) is 4.90 Å². The van der Waals surface area contributed by atoms with Crippen LogP contribution in [-0.2, 0) is 19.6 Å². The summed E-state index contributed by atoms with van der Waals surface area (Å²) in [6.45, 7) is 0. The molecule has 1 aliphatic rings. The van der Waals surface area contributed by atoms with Gasteiger partial charge < -0.3 is 14.6 Å². The Labute approximate surface area is 211 Å². The first kappa shape index (κ1) is 25.2. The molecule has 1 amide bonds. The van der Waals surface area contributed by atoms with Crippen molar-refractivity contribution in [1.29, 1.82) is 0 Å². The highest BCUT2D eigenvalue weighted by molar-refractivity contribution is 7.89. The minimum absolute atomic E-state index is 0.0789. The quantitative estimate of drug-likeness (QED) is 0.281. The lowest BCUT2D eigenvalue weighted by molar-refractivity contribution is -0.132. The molecule has 1 unspecified atom stereocenters. The molecule has 2 aromatic carbocycles. The standard InChI is InChI=1S/C24H20ClN3O7S/c1-34-18-11-17(25)19(35-2)10-16(18)22(29)20-21(13-4-3-9-27-12-13)28(24(31)23(20)30)14-5-7-15(8-6-14)36(26,32)33/h3-12,21,29H,1-2H3,(H2,26,32,33)/b22-20+. The first-order chi connectivity index (χ1) is 17.1. The number of aliphatic hydroxyl groups is 1. The van der Waals surface area contributed by atoms with Crippen molar-refractivity contribution in [2.24, 2.45) is 5.14 Å². The molecule has 10 nitrogen and oxygen atoms in total. The first-order valence-electron chi connectivity index (χ1n) is 10.3. The number of nitrogens with two attached hydrogens (primary N) is 1. The maximum absolute atomic E-state index is 13.3. The van der Waals surface area contributed by atoms with E-state index in [4.69, 9.17) is 26.2 Å². The average Bonchev–Trinajstić information content (AvgIpc) is 3.13. The number of sulfonamides is 1. The van der Waals surface area contributed by atoms with Crippen LogP contribution in [0.5, 0.6) is 11.5 Å². The van der Waals surface area contributed by atoms with Crippen LogP contribution in [0.4, 0.5) is 5.69 Å². The van der Waals surface area contributed by atoms with E-state index in [1.54, 1.807) is 12.1 Å². The number of hydrogen-bond donors (Lipinski definition) is 2. The number of aliphatic hydroxyl groups excluding tert-OH is 1. The summed E-state index contributed by atoms with van der Waals surface area (Å²) < 4.78 is 33.9. The minimum Gasteiger partial charge on any atom is -0.507 e. The average molecular weight is 530 g/mol. The van der Waals surface area contributed by atoms with E-state index in [-0.39, 0.29) is 38.2 Å². The van der Waals surface area contributed by atoms with Gasteiger partial charge in [-0.2, -0.15) is 0 Å². The Morgan fingerprint density at radius 3 is 2.31 bits per heavy atom. The van der Waals surface area contributed by atoms with Gasteiger partial charge in [0.25, 0.3) is 11.7 Å². The predicted octanol–water partition coefficient (Wildman–Crippen LogP) is 3.03. The molecular weight excluding hydrogens is 510 g/mol. The first-order valence-corrected chi connectivity index (χ1v) is 12.3. The molecule has 2 heterocycles. The van der Waals surface area contributed by atoms with Gasteiger partial charge in [-0.05, 0) is 42.0 Å². The van der Waals surface area contributed by atoms with Gasteiger partial charge in [-0.15, -0.1) is 0 Å². The van der Waals surface area contributed by atoms with Crippen LogP contribution in [0.15, 0.2) is 71.4 Å². The lowest BCUT2D eigenvalue weighted by Gasteiger charge is -2.25. The summed E-state index contributed by atoms with van der Waals surface area (Å²) in [6, 6.07) is 10.1.